The standard InChI is InChI=1S/C11H23N/c1-7(2)10-6-12-9(5)11(10)8(3)4/h7-12H,6H2,1-5H3. The fraction of sp³-hybridized carbons (Fsp3) is 1.00. The highest BCUT2D eigenvalue weighted by atomic mass is 15.0. The monoisotopic (exact) mass is 169 g/mol. The van der Waals surface area contributed by atoms with E-state index in [2.05, 4.69) is 39.9 Å². The summed E-state index contributed by atoms with van der Waals surface area (Å²) in [6, 6.07) is 0.720. The molecule has 0 radical (unpaired) electrons. The van der Waals surface area contributed by atoms with E-state index < -0.39 is 0 Å². The summed E-state index contributed by atoms with van der Waals surface area (Å²) in [5.74, 6) is 3.42. The molecule has 1 N–H and O–H groups in total. The first kappa shape index (κ1) is 10.0. The average molecular weight is 169 g/mol. The van der Waals surface area contributed by atoms with Crippen LogP contribution in [0.5, 0.6) is 0 Å². The minimum atomic E-state index is 0.720. The van der Waals surface area contributed by atoms with Crippen LogP contribution < -0.4 is 5.32 Å². The summed E-state index contributed by atoms with van der Waals surface area (Å²) < 4.78 is 0. The molecule has 0 bridgehead atoms. The lowest BCUT2D eigenvalue weighted by atomic mass is 9.77. The van der Waals surface area contributed by atoms with E-state index in [9.17, 15) is 0 Å². The van der Waals surface area contributed by atoms with E-state index >= 15 is 0 Å². The molecule has 0 aromatic carbocycles. The summed E-state index contributed by atoms with van der Waals surface area (Å²) >= 11 is 0. The molecule has 1 heterocycles. The van der Waals surface area contributed by atoms with E-state index in [0.29, 0.717) is 0 Å². The maximum absolute atomic E-state index is 3.58. The third-order valence-electron chi connectivity index (χ3n) is 3.37. The summed E-state index contributed by atoms with van der Waals surface area (Å²) in [5.41, 5.74) is 0. The van der Waals surface area contributed by atoms with Crippen LogP contribution in [-0.4, -0.2) is 12.6 Å². The van der Waals surface area contributed by atoms with Crippen LogP contribution >= 0.6 is 0 Å². The average Bonchev–Trinajstić information content (AvgIpc) is 2.30. The molecule has 0 aromatic heterocycles. The Morgan fingerprint density at radius 2 is 1.67 bits per heavy atom. The smallest absolute Gasteiger partial charge is 0.00727 e. The molecule has 0 aromatic rings. The molecule has 1 aliphatic rings. The SMILES string of the molecule is CC(C)C1CNC(C)C1C(C)C. The molecule has 1 saturated heterocycles. The summed E-state index contributed by atoms with van der Waals surface area (Å²) in [7, 11) is 0. The Morgan fingerprint density at radius 1 is 1.08 bits per heavy atom. The molecule has 0 spiro atoms. The van der Waals surface area contributed by atoms with E-state index in [4.69, 9.17) is 0 Å². The summed E-state index contributed by atoms with van der Waals surface area (Å²) in [6.07, 6.45) is 0. The van der Waals surface area contributed by atoms with Crippen molar-refractivity contribution in [2.45, 2.75) is 40.7 Å². The fourth-order valence-electron chi connectivity index (χ4n) is 2.72. The summed E-state index contributed by atoms with van der Waals surface area (Å²) in [6.45, 7) is 12.9. The van der Waals surface area contributed by atoms with Crippen molar-refractivity contribution in [3.63, 3.8) is 0 Å². The number of hydrogen-bond acceptors (Lipinski definition) is 1. The van der Waals surface area contributed by atoms with Gasteiger partial charge in [0.05, 0.1) is 0 Å². The van der Waals surface area contributed by atoms with Gasteiger partial charge in [0.1, 0.15) is 0 Å². The van der Waals surface area contributed by atoms with Crippen molar-refractivity contribution in [2.75, 3.05) is 6.54 Å². The van der Waals surface area contributed by atoms with Gasteiger partial charge >= 0.3 is 0 Å². The van der Waals surface area contributed by atoms with Crippen molar-refractivity contribution in [2.24, 2.45) is 23.7 Å². The predicted octanol–water partition coefficient (Wildman–Crippen LogP) is 2.52. The van der Waals surface area contributed by atoms with Gasteiger partial charge in [-0.05, 0) is 37.1 Å². The van der Waals surface area contributed by atoms with Crippen molar-refractivity contribution in [1.29, 1.82) is 0 Å². The van der Waals surface area contributed by atoms with Gasteiger partial charge in [-0.15, -0.1) is 0 Å². The normalized spacial score (nSPS) is 36.8. The second-order valence-electron chi connectivity index (χ2n) is 4.93. The van der Waals surface area contributed by atoms with Crippen LogP contribution in [0.3, 0.4) is 0 Å². The molecule has 1 rings (SSSR count). The van der Waals surface area contributed by atoms with Crippen LogP contribution in [0.4, 0.5) is 0 Å². The number of nitrogens with one attached hydrogen (secondary N) is 1. The Balaban J connectivity index is 2.64. The number of hydrogen-bond donors (Lipinski definition) is 1. The van der Waals surface area contributed by atoms with Crippen LogP contribution in [0.15, 0.2) is 0 Å². The zero-order valence-corrected chi connectivity index (χ0v) is 9.09. The molecule has 3 unspecified atom stereocenters. The lowest BCUT2D eigenvalue weighted by Crippen LogP contribution is -2.28. The second kappa shape index (κ2) is 3.78. The minimum Gasteiger partial charge on any atom is -0.314 e. The van der Waals surface area contributed by atoms with Gasteiger partial charge in [0.2, 0.25) is 0 Å². The van der Waals surface area contributed by atoms with E-state index in [1.54, 1.807) is 0 Å². The van der Waals surface area contributed by atoms with Gasteiger partial charge in [-0.2, -0.15) is 0 Å². The highest BCUT2D eigenvalue weighted by molar-refractivity contribution is 4.90. The molecule has 0 aliphatic carbocycles. The predicted molar refractivity (Wildman–Crippen MR) is 54.1 cm³/mol. The van der Waals surface area contributed by atoms with Gasteiger partial charge < -0.3 is 5.32 Å². The van der Waals surface area contributed by atoms with Crippen LogP contribution in [0, 0.1) is 23.7 Å². The molecular formula is C11H23N. The largest absolute Gasteiger partial charge is 0.314 e. The van der Waals surface area contributed by atoms with Crippen molar-refractivity contribution >= 4 is 0 Å². The topological polar surface area (TPSA) is 12.0 Å². The van der Waals surface area contributed by atoms with Crippen molar-refractivity contribution in [3.8, 4) is 0 Å². The van der Waals surface area contributed by atoms with Crippen molar-refractivity contribution in [3.05, 3.63) is 0 Å². The molecule has 1 aliphatic heterocycles. The Bertz CT molecular complexity index is 140. The van der Waals surface area contributed by atoms with Crippen LogP contribution in [0.1, 0.15) is 34.6 Å². The van der Waals surface area contributed by atoms with Gasteiger partial charge in [-0.25, -0.2) is 0 Å². The third-order valence-corrected chi connectivity index (χ3v) is 3.37. The molecule has 3 atom stereocenters. The molecule has 1 nitrogen and oxygen atoms in total. The number of rotatable bonds is 2. The second-order valence-corrected chi connectivity index (χ2v) is 4.93. The van der Waals surface area contributed by atoms with Gasteiger partial charge in [0, 0.05) is 6.04 Å². The highest BCUT2D eigenvalue weighted by Crippen LogP contribution is 2.33. The summed E-state index contributed by atoms with van der Waals surface area (Å²) in [4.78, 5) is 0. The maximum atomic E-state index is 3.58. The van der Waals surface area contributed by atoms with Gasteiger partial charge in [0.25, 0.3) is 0 Å². The molecule has 72 valence electrons. The first-order chi connectivity index (χ1) is 5.54. The van der Waals surface area contributed by atoms with E-state index in [0.717, 1.165) is 29.7 Å². The molecule has 1 fully saturated rings. The molecule has 1 heteroatoms. The highest BCUT2D eigenvalue weighted by Gasteiger charge is 2.36. The molecule has 0 saturated carbocycles. The zero-order chi connectivity index (χ0) is 9.30. The minimum absolute atomic E-state index is 0.720. The van der Waals surface area contributed by atoms with Gasteiger partial charge in [-0.3, -0.25) is 0 Å². The Kier molecular flexibility index (Phi) is 3.16. The lowest BCUT2D eigenvalue weighted by Gasteiger charge is -2.28. The van der Waals surface area contributed by atoms with E-state index in [-0.39, 0.29) is 0 Å². The maximum Gasteiger partial charge on any atom is 0.00727 e. The Hall–Kier alpha value is -0.0400. The Morgan fingerprint density at radius 3 is 2.00 bits per heavy atom. The zero-order valence-electron chi connectivity index (χ0n) is 9.09. The van der Waals surface area contributed by atoms with E-state index in [1.807, 2.05) is 0 Å². The quantitative estimate of drug-likeness (QED) is 0.670. The third kappa shape index (κ3) is 1.82. The molecular weight excluding hydrogens is 146 g/mol. The molecule has 12 heavy (non-hydrogen) atoms. The van der Waals surface area contributed by atoms with Gasteiger partial charge in [-0.1, -0.05) is 27.7 Å². The molecule has 0 amide bonds. The Labute approximate surface area is 76.9 Å². The fourth-order valence-corrected chi connectivity index (χ4v) is 2.72. The summed E-state index contributed by atoms with van der Waals surface area (Å²) in [5, 5.41) is 3.58. The lowest BCUT2D eigenvalue weighted by molar-refractivity contribution is 0.231. The van der Waals surface area contributed by atoms with Crippen LogP contribution in [0.25, 0.3) is 0 Å². The van der Waals surface area contributed by atoms with Crippen molar-refractivity contribution < 1.29 is 0 Å². The first-order valence-electron chi connectivity index (χ1n) is 5.27. The van der Waals surface area contributed by atoms with Crippen molar-refractivity contribution in [1.82, 2.24) is 5.32 Å². The van der Waals surface area contributed by atoms with Crippen LogP contribution in [-0.2, 0) is 0 Å². The van der Waals surface area contributed by atoms with Gasteiger partial charge in [0.15, 0.2) is 0 Å². The van der Waals surface area contributed by atoms with Crippen LogP contribution in [0.2, 0.25) is 0 Å². The first-order valence-corrected chi connectivity index (χ1v) is 5.27. The van der Waals surface area contributed by atoms with E-state index in [1.165, 1.54) is 6.54 Å².